The van der Waals surface area contributed by atoms with Gasteiger partial charge in [0.05, 0.1) is 6.54 Å². The van der Waals surface area contributed by atoms with Crippen LogP contribution in [0.1, 0.15) is 13.3 Å². The minimum Gasteiger partial charge on any atom is -0.370 e. The zero-order valence-electron chi connectivity index (χ0n) is 10.5. The molecule has 0 aromatic carbocycles. The van der Waals surface area contributed by atoms with Crippen molar-refractivity contribution in [3.63, 3.8) is 0 Å². The van der Waals surface area contributed by atoms with Crippen LogP contribution in [0.4, 0.5) is 11.6 Å². The van der Waals surface area contributed by atoms with Crippen molar-refractivity contribution in [1.29, 1.82) is 0 Å². The van der Waals surface area contributed by atoms with Gasteiger partial charge in [0, 0.05) is 26.7 Å². The molecule has 0 aliphatic heterocycles. The van der Waals surface area contributed by atoms with Gasteiger partial charge in [-0.1, -0.05) is 6.92 Å². The van der Waals surface area contributed by atoms with Crippen molar-refractivity contribution >= 4 is 17.5 Å². The lowest BCUT2D eigenvalue weighted by molar-refractivity contribution is -0.119. The van der Waals surface area contributed by atoms with Crippen LogP contribution in [0.2, 0.25) is 0 Å². The highest BCUT2D eigenvalue weighted by Gasteiger charge is 2.07. The number of hydrogen-bond acceptors (Lipinski definition) is 5. The van der Waals surface area contributed by atoms with Gasteiger partial charge >= 0.3 is 0 Å². The van der Waals surface area contributed by atoms with Crippen LogP contribution in [-0.2, 0) is 4.79 Å². The Bertz CT molecular complexity index is 369. The third kappa shape index (κ3) is 4.26. The van der Waals surface area contributed by atoms with Gasteiger partial charge in [-0.3, -0.25) is 4.79 Å². The van der Waals surface area contributed by atoms with Gasteiger partial charge in [0.2, 0.25) is 5.91 Å². The minimum absolute atomic E-state index is 0.0471. The number of nitrogens with one attached hydrogen (secondary N) is 2. The van der Waals surface area contributed by atoms with E-state index in [1.165, 1.54) is 6.33 Å². The summed E-state index contributed by atoms with van der Waals surface area (Å²) in [4.78, 5) is 21.3. The second kappa shape index (κ2) is 6.67. The summed E-state index contributed by atoms with van der Waals surface area (Å²) in [6.07, 6.45) is 2.53. The van der Waals surface area contributed by atoms with E-state index in [1.807, 2.05) is 13.1 Å². The Hall–Kier alpha value is -1.85. The van der Waals surface area contributed by atoms with Crippen molar-refractivity contribution in [2.45, 2.75) is 13.3 Å². The summed E-state index contributed by atoms with van der Waals surface area (Å²) in [5.41, 5.74) is 0. The van der Waals surface area contributed by atoms with Crippen molar-refractivity contribution in [2.24, 2.45) is 0 Å². The molecule has 0 bridgehead atoms. The first-order chi connectivity index (χ1) is 8.17. The summed E-state index contributed by atoms with van der Waals surface area (Å²) in [7, 11) is 3.44. The number of nitrogens with zero attached hydrogens (tertiary/aromatic N) is 3. The lowest BCUT2D eigenvalue weighted by Crippen LogP contribution is -2.33. The van der Waals surface area contributed by atoms with Gasteiger partial charge in [-0.25, -0.2) is 9.97 Å². The fourth-order valence-electron chi connectivity index (χ4n) is 1.28. The summed E-state index contributed by atoms with van der Waals surface area (Å²) in [5.74, 6) is 1.46. The summed E-state index contributed by atoms with van der Waals surface area (Å²) < 4.78 is 0. The number of anilines is 2. The number of hydrogen-bond donors (Lipinski definition) is 2. The Morgan fingerprint density at radius 1 is 1.47 bits per heavy atom. The summed E-state index contributed by atoms with van der Waals surface area (Å²) in [5, 5.41) is 5.75. The van der Waals surface area contributed by atoms with Crippen molar-refractivity contribution in [1.82, 2.24) is 15.3 Å². The van der Waals surface area contributed by atoms with Gasteiger partial charge in [-0.05, 0) is 6.42 Å². The topological polar surface area (TPSA) is 70.2 Å². The first-order valence-electron chi connectivity index (χ1n) is 5.65. The van der Waals surface area contributed by atoms with E-state index >= 15 is 0 Å². The molecule has 1 aromatic rings. The van der Waals surface area contributed by atoms with Crippen LogP contribution in [0.5, 0.6) is 0 Å². The van der Waals surface area contributed by atoms with Crippen LogP contribution in [0.25, 0.3) is 0 Å². The average molecular weight is 237 g/mol. The van der Waals surface area contributed by atoms with Crippen molar-refractivity contribution in [2.75, 3.05) is 37.4 Å². The predicted molar refractivity (Wildman–Crippen MR) is 68.1 cm³/mol. The van der Waals surface area contributed by atoms with Crippen LogP contribution in [0.3, 0.4) is 0 Å². The number of aromatic nitrogens is 2. The second-order valence-corrected chi connectivity index (χ2v) is 3.72. The van der Waals surface area contributed by atoms with E-state index in [1.54, 1.807) is 11.9 Å². The van der Waals surface area contributed by atoms with Gasteiger partial charge < -0.3 is 15.5 Å². The van der Waals surface area contributed by atoms with Crippen LogP contribution < -0.4 is 15.5 Å². The van der Waals surface area contributed by atoms with Crippen LogP contribution in [0.15, 0.2) is 12.4 Å². The number of carbonyl (C=O) groups is 1. The van der Waals surface area contributed by atoms with Gasteiger partial charge in [0.25, 0.3) is 0 Å². The molecule has 1 amide bonds. The van der Waals surface area contributed by atoms with Crippen LogP contribution in [0, 0.1) is 0 Å². The monoisotopic (exact) mass is 237 g/mol. The third-order valence-corrected chi connectivity index (χ3v) is 2.26. The molecule has 0 radical (unpaired) electrons. The highest BCUT2D eigenvalue weighted by Crippen LogP contribution is 2.12. The molecular formula is C11H19N5O. The van der Waals surface area contributed by atoms with E-state index in [-0.39, 0.29) is 12.5 Å². The standard InChI is InChI=1S/C11H19N5O/c1-4-5-13-9-6-10(15-8-14-9)16(3)7-11(17)12-2/h6,8H,4-5,7H2,1-3H3,(H,12,17)(H,13,14,15). The maximum Gasteiger partial charge on any atom is 0.239 e. The van der Waals surface area contributed by atoms with Crippen molar-refractivity contribution in [3.8, 4) is 0 Å². The van der Waals surface area contributed by atoms with Gasteiger partial charge in [0.15, 0.2) is 0 Å². The molecule has 2 N–H and O–H groups in total. The molecule has 0 saturated carbocycles. The molecule has 0 atom stereocenters. The maximum atomic E-state index is 11.2. The van der Waals surface area contributed by atoms with Crippen LogP contribution in [-0.4, -0.2) is 43.1 Å². The number of carbonyl (C=O) groups excluding carboxylic acids is 1. The summed E-state index contributed by atoms with van der Waals surface area (Å²) in [6.45, 7) is 3.24. The Morgan fingerprint density at radius 3 is 2.88 bits per heavy atom. The fraction of sp³-hybridized carbons (Fsp3) is 0.545. The number of amides is 1. The van der Waals surface area contributed by atoms with Gasteiger partial charge in [0.1, 0.15) is 18.0 Å². The number of rotatable bonds is 6. The molecule has 17 heavy (non-hydrogen) atoms. The normalized spacial score (nSPS) is 9.82. The highest BCUT2D eigenvalue weighted by atomic mass is 16.1. The zero-order chi connectivity index (χ0) is 12.7. The quantitative estimate of drug-likeness (QED) is 0.753. The average Bonchev–Trinajstić information content (AvgIpc) is 2.36. The van der Waals surface area contributed by atoms with Crippen LogP contribution >= 0.6 is 0 Å². The Morgan fingerprint density at radius 2 is 2.24 bits per heavy atom. The molecular weight excluding hydrogens is 218 g/mol. The van der Waals surface area contributed by atoms with E-state index in [0.29, 0.717) is 0 Å². The van der Waals surface area contributed by atoms with E-state index in [0.717, 1.165) is 24.6 Å². The molecule has 1 aromatic heterocycles. The molecule has 0 saturated heterocycles. The van der Waals surface area contributed by atoms with Crippen molar-refractivity contribution in [3.05, 3.63) is 12.4 Å². The van der Waals surface area contributed by atoms with E-state index in [9.17, 15) is 4.79 Å². The van der Waals surface area contributed by atoms with Crippen molar-refractivity contribution < 1.29 is 4.79 Å². The number of likely N-dealkylation sites (N-methyl/N-ethyl adjacent to an activating group) is 2. The first kappa shape index (κ1) is 13.2. The van der Waals surface area contributed by atoms with E-state index in [2.05, 4.69) is 27.5 Å². The fourth-order valence-corrected chi connectivity index (χ4v) is 1.28. The molecule has 0 unspecified atom stereocenters. The lowest BCUT2D eigenvalue weighted by Gasteiger charge is -2.17. The Labute approximate surface area is 101 Å². The molecule has 0 aliphatic rings. The zero-order valence-corrected chi connectivity index (χ0v) is 10.5. The SMILES string of the molecule is CCCNc1cc(N(C)CC(=O)NC)ncn1. The molecule has 0 aliphatic carbocycles. The largest absolute Gasteiger partial charge is 0.370 e. The molecule has 94 valence electrons. The molecule has 1 rings (SSSR count). The van der Waals surface area contributed by atoms with E-state index < -0.39 is 0 Å². The third-order valence-electron chi connectivity index (χ3n) is 2.26. The second-order valence-electron chi connectivity index (χ2n) is 3.72. The molecule has 0 fully saturated rings. The summed E-state index contributed by atoms with van der Waals surface area (Å²) >= 11 is 0. The predicted octanol–water partition coefficient (Wildman–Crippen LogP) is 0.481. The molecule has 6 heteroatoms. The lowest BCUT2D eigenvalue weighted by atomic mass is 10.4. The molecule has 6 nitrogen and oxygen atoms in total. The van der Waals surface area contributed by atoms with Gasteiger partial charge in [-0.2, -0.15) is 0 Å². The van der Waals surface area contributed by atoms with Gasteiger partial charge in [-0.15, -0.1) is 0 Å². The molecule has 0 spiro atoms. The minimum atomic E-state index is -0.0471. The Kier molecular flexibility index (Phi) is 5.19. The maximum absolute atomic E-state index is 11.2. The summed E-state index contributed by atoms with van der Waals surface area (Å²) in [6, 6.07) is 1.83. The molecule has 1 heterocycles. The first-order valence-corrected chi connectivity index (χ1v) is 5.65. The van der Waals surface area contributed by atoms with E-state index in [4.69, 9.17) is 0 Å². The Balaban J connectivity index is 2.66. The highest BCUT2D eigenvalue weighted by molar-refractivity contribution is 5.80. The smallest absolute Gasteiger partial charge is 0.239 e.